The largest absolute Gasteiger partial charge is 0.507 e. The van der Waals surface area contributed by atoms with E-state index in [-0.39, 0.29) is 35.2 Å². The Kier molecular flexibility index (Phi) is 6.83. The van der Waals surface area contributed by atoms with Crippen molar-refractivity contribution < 1.29 is 15.3 Å². The van der Waals surface area contributed by atoms with Crippen LogP contribution < -0.4 is 26.2 Å². The zero-order valence-corrected chi connectivity index (χ0v) is 19.1. The molecule has 0 radical (unpaired) electrons. The topological polar surface area (TPSA) is 129 Å². The maximum absolute atomic E-state index is 10.2. The molecule has 11 heteroatoms. The minimum Gasteiger partial charge on any atom is -0.507 e. The molecule has 31 heavy (non-hydrogen) atoms. The van der Waals surface area contributed by atoms with Crippen molar-refractivity contribution in [3.05, 3.63) is 22.7 Å². The van der Waals surface area contributed by atoms with E-state index in [1.165, 1.54) is 12.1 Å². The molecule has 10 nitrogen and oxygen atoms in total. The van der Waals surface area contributed by atoms with E-state index in [0.29, 0.717) is 29.7 Å². The van der Waals surface area contributed by atoms with Crippen molar-refractivity contribution in [1.29, 1.82) is 0 Å². The van der Waals surface area contributed by atoms with Crippen LogP contribution in [0.4, 0.5) is 23.3 Å². The van der Waals surface area contributed by atoms with Crippen LogP contribution in [0.25, 0.3) is 0 Å². The average Bonchev–Trinajstić information content (AvgIpc) is 3.05. The third-order valence-corrected chi connectivity index (χ3v) is 4.96. The number of benzene rings is 1. The highest BCUT2D eigenvalue weighted by atomic mass is 35.5. The number of aromatic nitrogens is 2. The lowest BCUT2D eigenvalue weighted by atomic mass is 10.1. The number of phenolic OH excluding ortho intramolecular Hbond substituents is 2. The van der Waals surface area contributed by atoms with Crippen molar-refractivity contribution in [2.75, 3.05) is 27.2 Å². The van der Waals surface area contributed by atoms with Crippen LogP contribution in [0.5, 0.6) is 11.5 Å². The molecule has 2 heterocycles. The third kappa shape index (κ3) is 4.97. The van der Waals surface area contributed by atoms with E-state index in [2.05, 4.69) is 26.1 Å². The second-order valence-corrected chi connectivity index (χ2v) is 8.54. The fraction of sp³-hybridized carbons (Fsp3) is 0.500. The van der Waals surface area contributed by atoms with Gasteiger partial charge in [-0.05, 0) is 46.8 Å². The molecule has 0 aliphatic carbocycles. The number of aromatic hydroxyl groups is 2. The molecule has 0 amide bonds. The number of aliphatic hydroxyl groups excluding tert-OH is 1. The lowest BCUT2D eigenvalue weighted by molar-refractivity contribution is 0.208. The number of hydrazine groups is 2. The molecule has 6 N–H and O–H groups in total. The first kappa shape index (κ1) is 23.0. The van der Waals surface area contributed by atoms with E-state index in [1.807, 2.05) is 37.7 Å². The maximum atomic E-state index is 10.2. The number of nitrogens with zero attached hydrogens (tertiary/aromatic N) is 4. The molecule has 3 rings (SSSR count). The van der Waals surface area contributed by atoms with E-state index >= 15 is 0 Å². The van der Waals surface area contributed by atoms with Crippen molar-refractivity contribution >= 4 is 34.9 Å². The van der Waals surface area contributed by atoms with Crippen LogP contribution in [-0.4, -0.2) is 50.0 Å². The van der Waals surface area contributed by atoms with E-state index in [1.54, 1.807) is 6.92 Å². The molecule has 0 saturated heterocycles. The first-order valence-electron chi connectivity index (χ1n) is 10.2. The molecule has 1 aromatic heterocycles. The average molecular weight is 452 g/mol. The van der Waals surface area contributed by atoms with Gasteiger partial charge in [0.1, 0.15) is 17.2 Å². The SMILES string of the molecule is CC(O)CNc1nc(NCc2c(O)cc(Cl)cc2O)c2c(n1)N(C(C)C)NN2C(C)C. The number of phenols is 2. The number of aliphatic hydroxyl groups is 1. The normalized spacial score (nSPS) is 14.4. The molecule has 1 aromatic carbocycles. The summed E-state index contributed by atoms with van der Waals surface area (Å²) in [5.74, 6) is 1.32. The lowest BCUT2D eigenvalue weighted by Gasteiger charge is -2.27. The fourth-order valence-corrected chi connectivity index (χ4v) is 3.39. The van der Waals surface area contributed by atoms with Crippen molar-refractivity contribution in [1.82, 2.24) is 15.5 Å². The Morgan fingerprint density at radius 2 is 1.61 bits per heavy atom. The van der Waals surface area contributed by atoms with Crippen LogP contribution in [0, 0.1) is 0 Å². The van der Waals surface area contributed by atoms with E-state index in [4.69, 9.17) is 11.6 Å². The number of hydrogen-bond donors (Lipinski definition) is 6. The zero-order valence-electron chi connectivity index (χ0n) is 18.3. The number of hydrogen-bond acceptors (Lipinski definition) is 10. The number of anilines is 4. The molecular weight excluding hydrogens is 422 g/mol. The Morgan fingerprint density at radius 1 is 1.00 bits per heavy atom. The minimum absolute atomic E-state index is 0.0975. The summed E-state index contributed by atoms with van der Waals surface area (Å²) in [4.78, 5) is 9.25. The Hall–Kier alpha value is -2.69. The van der Waals surface area contributed by atoms with Gasteiger partial charge in [0.2, 0.25) is 5.95 Å². The van der Waals surface area contributed by atoms with Gasteiger partial charge in [-0.25, -0.2) is 0 Å². The number of fused-ring (bicyclic) bond motifs is 1. The highest BCUT2D eigenvalue weighted by Crippen LogP contribution is 2.41. The first-order chi connectivity index (χ1) is 14.6. The van der Waals surface area contributed by atoms with Gasteiger partial charge in [0.15, 0.2) is 11.6 Å². The van der Waals surface area contributed by atoms with Crippen LogP contribution in [-0.2, 0) is 6.54 Å². The Balaban J connectivity index is 2.02. The lowest BCUT2D eigenvalue weighted by Crippen LogP contribution is -2.50. The van der Waals surface area contributed by atoms with E-state index in [9.17, 15) is 15.3 Å². The summed E-state index contributed by atoms with van der Waals surface area (Å²) in [5, 5.41) is 40.4. The first-order valence-corrected chi connectivity index (χ1v) is 10.6. The predicted octanol–water partition coefficient (Wildman–Crippen LogP) is 2.81. The summed E-state index contributed by atoms with van der Waals surface area (Å²) >= 11 is 5.89. The predicted molar refractivity (Wildman–Crippen MR) is 123 cm³/mol. The summed E-state index contributed by atoms with van der Waals surface area (Å²) in [6.45, 7) is 10.3. The Morgan fingerprint density at radius 3 is 2.16 bits per heavy atom. The van der Waals surface area contributed by atoms with Crippen LogP contribution in [0.3, 0.4) is 0 Å². The molecule has 0 saturated carbocycles. The summed E-state index contributed by atoms with van der Waals surface area (Å²) < 4.78 is 0. The van der Waals surface area contributed by atoms with Crippen LogP contribution in [0.2, 0.25) is 5.02 Å². The molecule has 1 unspecified atom stereocenters. The van der Waals surface area contributed by atoms with Gasteiger partial charge in [0, 0.05) is 30.2 Å². The van der Waals surface area contributed by atoms with Gasteiger partial charge in [0.05, 0.1) is 11.7 Å². The summed E-state index contributed by atoms with van der Waals surface area (Å²) in [6, 6.07) is 2.96. The highest BCUT2D eigenvalue weighted by molar-refractivity contribution is 6.30. The van der Waals surface area contributed by atoms with Crippen LogP contribution in [0.1, 0.15) is 40.2 Å². The Labute approximate surface area is 186 Å². The third-order valence-electron chi connectivity index (χ3n) is 4.74. The molecule has 0 spiro atoms. The molecule has 170 valence electrons. The fourth-order valence-electron chi connectivity index (χ4n) is 3.18. The van der Waals surface area contributed by atoms with Crippen molar-refractivity contribution in [3.8, 4) is 11.5 Å². The van der Waals surface area contributed by atoms with Gasteiger partial charge in [0.25, 0.3) is 0 Å². The monoisotopic (exact) mass is 451 g/mol. The summed E-state index contributed by atoms with van der Waals surface area (Å²) in [5.41, 5.74) is 4.40. The number of rotatable bonds is 8. The van der Waals surface area contributed by atoms with Gasteiger partial charge >= 0.3 is 0 Å². The van der Waals surface area contributed by atoms with Crippen molar-refractivity contribution in [2.24, 2.45) is 0 Å². The van der Waals surface area contributed by atoms with Crippen molar-refractivity contribution in [2.45, 2.75) is 59.4 Å². The number of nitrogens with one attached hydrogen (secondary N) is 3. The van der Waals surface area contributed by atoms with Gasteiger partial charge in [-0.3, -0.25) is 10.0 Å². The molecule has 1 aliphatic rings. The van der Waals surface area contributed by atoms with Crippen LogP contribution >= 0.6 is 11.6 Å². The quantitative estimate of drug-likeness (QED) is 0.356. The second-order valence-electron chi connectivity index (χ2n) is 8.10. The van der Waals surface area contributed by atoms with Gasteiger partial charge < -0.3 is 26.0 Å². The smallest absolute Gasteiger partial charge is 0.226 e. The molecule has 0 bridgehead atoms. The minimum atomic E-state index is -0.567. The highest BCUT2D eigenvalue weighted by Gasteiger charge is 2.34. The van der Waals surface area contributed by atoms with Crippen LogP contribution in [0.15, 0.2) is 12.1 Å². The molecule has 0 fully saturated rings. The van der Waals surface area contributed by atoms with E-state index < -0.39 is 6.10 Å². The summed E-state index contributed by atoms with van der Waals surface area (Å²) in [6.07, 6.45) is -0.567. The second kappa shape index (κ2) is 9.21. The maximum Gasteiger partial charge on any atom is 0.226 e. The van der Waals surface area contributed by atoms with Gasteiger partial charge in [-0.2, -0.15) is 9.97 Å². The standard InChI is InChI=1S/C20H30ClN7O3/c1-10(2)27-17-18(22-9-14-15(30)6-13(21)7-16(14)31)24-20(23-8-12(5)29)25-19(17)28(26-27)11(3)4/h6-7,10-12,26,29-31H,8-9H2,1-5H3,(H2,22,23,24,25). The van der Waals surface area contributed by atoms with Gasteiger partial charge in [-0.1, -0.05) is 11.6 Å². The summed E-state index contributed by atoms with van der Waals surface area (Å²) in [7, 11) is 0. The number of halogens is 1. The molecule has 2 aromatic rings. The molecular formula is C20H30ClN7O3. The van der Waals surface area contributed by atoms with Crippen molar-refractivity contribution in [3.63, 3.8) is 0 Å². The van der Waals surface area contributed by atoms with Gasteiger partial charge in [-0.15, -0.1) is 5.53 Å². The Bertz CT molecular complexity index is 916. The van der Waals surface area contributed by atoms with E-state index in [0.717, 1.165) is 5.69 Å². The molecule has 1 aliphatic heterocycles. The zero-order chi connectivity index (χ0) is 22.9. The molecule has 1 atom stereocenters.